The Labute approximate surface area is 233 Å². The van der Waals surface area contributed by atoms with Gasteiger partial charge < -0.3 is 9.80 Å². The van der Waals surface area contributed by atoms with Gasteiger partial charge in [-0.25, -0.2) is 16.8 Å². The largest absolute Gasteiger partial charge is 0.371 e. The van der Waals surface area contributed by atoms with E-state index in [2.05, 4.69) is 15.9 Å². The van der Waals surface area contributed by atoms with E-state index in [0.29, 0.717) is 17.2 Å². The summed E-state index contributed by atoms with van der Waals surface area (Å²) in [5.41, 5.74) is 1.24. The fraction of sp³-hybridized carbons (Fsp3) is 0.567. The Morgan fingerprint density at radius 3 is 2.10 bits per heavy atom. The molecule has 1 unspecified atom stereocenters. The third-order valence-corrected chi connectivity index (χ3v) is 12.2. The zero-order valence-electron chi connectivity index (χ0n) is 22.9. The zero-order valence-corrected chi connectivity index (χ0v) is 24.5. The lowest BCUT2D eigenvalue weighted by atomic mass is 9.60. The van der Waals surface area contributed by atoms with Crippen LogP contribution < -0.4 is 4.90 Å². The lowest BCUT2D eigenvalue weighted by molar-refractivity contribution is 0.103. The molecule has 0 aromatic heterocycles. The van der Waals surface area contributed by atoms with Crippen LogP contribution >= 0.6 is 0 Å². The van der Waals surface area contributed by atoms with E-state index in [4.69, 9.17) is 0 Å². The monoisotopic (exact) mass is 569 g/mol. The number of rotatable bonds is 8. The van der Waals surface area contributed by atoms with Gasteiger partial charge in [-0.3, -0.25) is 0 Å². The second kappa shape index (κ2) is 10.9. The van der Waals surface area contributed by atoms with E-state index in [1.807, 2.05) is 42.5 Å². The Morgan fingerprint density at radius 2 is 1.54 bits per heavy atom. The number of sulfone groups is 2. The van der Waals surface area contributed by atoms with Crippen LogP contribution in [-0.4, -0.2) is 72.2 Å². The second-order valence-electron chi connectivity index (χ2n) is 11.9. The smallest absolute Gasteiger partial charge is 0.175 e. The summed E-state index contributed by atoms with van der Waals surface area (Å²) in [5, 5.41) is 10.3. The summed E-state index contributed by atoms with van der Waals surface area (Å²) >= 11 is 0. The molecule has 2 aromatic rings. The van der Waals surface area contributed by atoms with Crippen molar-refractivity contribution < 1.29 is 16.8 Å². The summed E-state index contributed by atoms with van der Waals surface area (Å²) in [6, 6.07) is 19.8. The molecule has 9 heteroatoms. The minimum atomic E-state index is -3.25. The molecule has 210 valence electrons. The van der Waals surface area contributed by atoms with Gasteiger partial charge in [-0.2, -0.15) is 5.26 Å². The van der Waals surface area contributed by atoms with Crippen molar-refractivity contribution in [2.24, 2.45) is 17.8 Å². The van der Waals surface area contributed by atoms with Crippen molar-refractivity contribution >= 4 is 25.4 Å². The van der Waals surface area contributed by atoms with Crippen molar-refractivity contribution in [1.29, 1.82) is 5.26 Å². The molecule has 3 atom stereocenters. The van der Waals surface area contributed by atoms with Crippen molar-refractivity contribution in [3.63, 3.8) is 0 Å². The number of piperidine rings is 1. The standard InChI is InChI=1S/C30H39N3O4S2/c1-38(34,35)27-13-11-26(12-14-27)33-20-23(21-33)19-32-17-15-25(16-18-32)30(22-31,24-7-4-3-5-8-24)28-9-6-10-29(28)39(2,36)37/h3-5,7-8,11-14,23,25,28-29H,6,9-10,15-21H2,1-2H3/t28-,29+,30?/m0/s1. The number of hydrogen-bond acceptors (Lipinski definition) is 7. The zero-order chi connectivity index (χ0) is 27.8. The summed E-state index contributed by atoms with van der Waals surface area (Å²) < 4.78 is 49.0. The fourth-order valence-electron chi connectivity index (χ4n) is 7.40. The van der Waals surface area contributed by atoms with Crippen molar-refractivity contribution in [2.75, 3.05) is 50.1 Å². The van der Waals surface area contributed by atoms with Crippen LogP contribution in [0.5, 0.6) is 0 Å². The van der Waals surface area contributed by atoms with E-state index in [-0.39, 0.29) is 11.8 Å². The van der Waals surface area contributed by atoms with Crippen LogP contribution in [0.25, 0.3) is 0 Å². The number of anilines is 1. The molecular weight excluding hydrogens is 530 g/mol. The van der Waals surface area contributed by atoms with Gasteiger partial charge in [0.15, 0.2) is 19.7 Å². The topological polar surface area (TPSA) is 98.5 Å². The summed E-state index contributed by atoms with van der Waals surface area (Å²) in [4.78, 5) is 5.13. The van der Waals surface area contributed by atoms with E-state index in [1.54, 1.807) is 12.1 Å². The van der Waals surface area contributed by atoms with E-state index < -0.39 is 30.3 Å². The number of nitrogens with zero attached hydrogens (tertiary/aromatic N) is 3. The maximum Gasteiger partial charge on any atom is 0.175 e. The van der Waals surface area contributed by atoms with Crippen molar-refractivity contribution in [2.45, 2.75) is 47.7 Å². The van der Waals surface area contributed by atoms with Crippen LogP contribution in [0.1, 0.15) is 37.7 Å². The Balaban J connectivity index is 1.24. The van der Waals surface area contributed by atoms with Crippen LogP contribution in [0.15, 0.2) is 59.5 Å². The van der Waals surface area contributed by atoms with Crippen LogP contribution in [0.4, 0.5) is 5.69 Å². The molecule has 0 radical (unpaired) electrons. The average molecular weight is 570 g/mol. The first-order valence-electron chi connectivity index (χ1n) is 14.0. The highest BCUT2D eigenvalue weighted by atomic mass is 32.2. The fourth-order valence-corrected chi connectivity index (χ4v) is 9.57. The molecular formula is C30H39N3O4S2. The quantitative estimate of drug-likeness (QED) is 0.475. The molecule has 7 nitrogen and oxygen atoms in total. The van der Waals surface area contributed by atoms with Gasteiger partial charge in [0.1, 0.15) is 0 Å². The predicted molar refractivity (Wildman–Crippen MR) is 154 cm³/mol. The van der Waals surface area contributed by atoms with Gasteiger partial charge in [-0.1, -0.05) is 36.8 Å². The minimum Gasteiger partial charge on any atom is -0.371 e. The van der Waals surface area contributed by atoms with E-state index in [9.17, 15) is 22.1 Å². The highest BCUT2D eigenvalue weighted by Gasteiger charge is 2.54. The first kappa shape index (κ1) is 28.1. The lowest BCUT2D eigenvalue weighted by Gasteiger charge is -2.48. The molecule has 0 spiro atoms. The van der Waals surface area contributed by atoms with Crippen LogP contribution in [0.2, 0.25) is 0 Å². The Hall–Kier alpha value is -2.41. The lowest BCUT2D eigenvalue weighted by Crippen LogP contribution is -2.54. The van der Waals surface area contributed by atoms with Gasteiger partial charge in [0.25, 0.3) is 0 Å². The molecule has 0 N–H and O–H groups in total. The van der Waals surface area contributed by atoms with Gasteiger partial charge in [0, 0.05) is 43.8 Å². The van der Waals surface area contributed by atoms with Crippen LogP contribution in [-0.2, 0) is 25.1 Å². The van der Waals surface area contributed by atoms with E-state index >= 15 is 0 Å². The van der Waals surface area contributed by atoms with E-state index in [0.717, 1.165) is 69.7 Å². The highest BCUT2D eigenvalue weighted by Crippen LogP contribution is 2.51. The van der Waals surface area contributed by atoms with Gasteiger partial charge in [-0.05, 0) is 80.4 Å². The van der Waals surface area contributed by atoms with Gasteiger partial charge in [0.05, 0.1) is 21.6 Å². The predicted octanol–water partition coefficient (Wildman–Crippen LogP) is 3.91. The molecule has 3 aliphatic rings. The summed E-state index contributed by atoms with van der Waals surface area (Å²) in [6.45, 7) is 4.73. The van der Waals surface area contributed by atoms with Crippen LogP contribution in [0.3, 0.4) is 0 Å². The summed E-state index contributed by atoms with van der Waals surface area (Å²) in [5.74, 6) is 0.501. The molecule has 5 rings (SSSR count). The SMILES string of the molecule is CS(=O)(=O)c1ccc(N2CC(CN3CCC(C(C#N)(c4ccccc4)[C@H]4CCC[C@H]4S(C)(=O)=O)CC3)C2)cc1. The first-order valence-corrected chi connectivity index (χ1v) is 17.8. The highest BCUT2D eigenvalue weighted by molar-refractivity contribution is 7.91. The maximum atomic E-state index is 12.8. The third-order valence-electron chi connectivity index (χ3n) is 9.36. The molecule has 1 saturated carbocycles. The molecule has 0 bridgehead atoms. The molecule has 1 aliphatic carbocycles. The van der Waals surface area contributed by atoms with Gasteiger partial charge in [-0.15, -0.1) is 0 Å². The van der Waals surface area contributed by atoms with E-state index in [1.165, 1.54) is 12.5 Å². The van der Waals surface area contributed by atoms with Crippen molar-refractivity contribution in [3.8, 4) is 6.07 Å². The molecule has 3 fully saturated rings. The maximum absolute atomic E-state index is 12.8. The molecule has 2 saturated heterocycles. The molecule has 39 heavy (non-hydrogen) atoms. The Bertz CT molecular complexity index is 1410. The summed E-state index contributed by atoms with van der Waals surface area (Å²) in [6.07, 6.45) is 6.62. The second-order valence-corrected chi connectivity index (χ2v) is 16.1. The normalized spacial score (nSPS) is 25.1. The molecule has 0 amide bonds. The third kappa shape index (κ3) is 5.61. The number of likely N-dealkylation sites (tertiary alicyclic amines) is 1. The minimum absolute atomic E-state index is 0.125. The number of benzene rings is 2. The average Bonchev–Trinajstić information content (AvgIpc) is 3.39. The summed E-state index contributed by atoms with van der Waals surface area (Å²) in [7, 11) is -6.44. The van der Waals surface area contributed by atoms with Gasteiger partial charge in [0.2, 0.25) is 0 Å². The number of nitriles is 1. The molecule has 2 aliphatic heterocycles. The van der Waals surface area contributed by atoms with Gasteiger partial charge >= 0.3 is 0 Å². The molecule has 2 aromatic carbocycles. The van der Waals surface area contributed by atoms with Crippen LogP contribution in [0, 0.1) is 29.1 Å². The van der Waals surface area contributed by atoms with Crippen molar-refractivity contribution in [3.05, 3.63) is 60.2 Å². The Kier molecular flexibility index (Phi) is 7.84. The van der Waals surface area contributed by atoms with Crippen molar-refractivity contribution in [1.82, 2.24) is 4.90 Å². The number of hydrogen-bond donors (Lipinski definition) is 0. The Morgan fingerprint density at radius 1 is 0.897 bits per heavy atom. The first-order chi connectivity index (χ1) is 18.5. The molecule has 2 heterocycles.